The van der Waals surface area contributed by atoms with Crippen molar-refractivity contribution in [2.75, 3.05) is 17.3 Å². The fraction of sp³-hybridized carbons (Fsp3) is 0.500. The molecular weight excluding hydrogens is 262 g/mol. The summed E-state index contributed by atoms with van der Waals surface area (Å²) in [4.78, 5) is 9.03. The van der Waals surface area contributed by atoms with Gasteiger partial charge in [0.15, 0.2) is 5.82 Å². The minimum atomic E-state index is 0.653. The summed E-state index contributed by atoms with van der Waals surface area (Å²) >= 11 is 0. The number of fused-ring (bicyclic) bond motifs is 1. The lowest BCUT2D eigenvalue weighted by atomic mass is 9.83. The maximum atomic E-state index is 5.57. The van der Waals surface area contributed by atoms with Crippen LogP contribution in [0, 0.1) is 11.8 Å². The number of aromatic nitrogens is 2. The fourth-order valence-electron chi connectivity index (χ4n) is 3.03. The van der Waals surface area contributed by atoms with E-state index in [2.05, 4.69) is 27.6 Å². The highest BCUT2D eigenvalue weighted by molar-refractivity contribution is 5.89. The maximum absolute atomic E-state index is 5.57. The van der Waals surface area contributed by atoms with Crippen molar-refractivity contribution >= 4 is 22.7 Å². The van der Waals surface area contributed by atoms with E-state index in [1.165, 1.54) is 25.7 Å². The molecule has 1 heterocycles. The van der Waals surface area contributed by atoms with Crippen LogP contribution in [-0.2, 0) is 0 Å². The number of nitrogen functional groups attached to an aromatic ring is 1. The monoisotopic (exact) mass is 285 g/mol. The van der Waals surface area contributed by atoms with Gasteiger partial charge in [-0.05, 0) is 36.8 Å². The number of nitrogens with two attached hydrogens (primary N) is 1. The van der Waals surface area contributed by atoms with E-state index < -0.39 is 0 Å². The van der Waals surface area contributed by atoms with Gasteiger partial charge >= 0.3 is 0 Å². The van der Waals surface area contributed by atoms with Crippen molar-refractivity contribution in [1.29, 1.82) is 0 Å². The zero-order valence-electron chi connectivity index (χ0n) is 12.5. The van der Waals surface area contributed by atoms with Crippen LogP contribution in [0.4, 0.5) is 11.8 Å². The van der Waals surface area contributed by atoms with Crippen LogP contribution in [0.15, 0.2) is 24.3 Å². The number of nitrogens with one attached hydrogen (secondary N) is 2. The van der Waals surface area contributed by atoms with E-state index >= 15 is 0 Å². The SMILES string of the molecule is CC1CCC(CNc2nc(NN)c3ccccc3n2)CC1. The van der Waals surface area contributed by atoms with E-state index in [1.54, 1.807) is 0 Å². The summed E-state index contributed by atoms with van der Waals surface area (Å²) in [6.45, 7) is 3.28. The van der Waals surface area contributed by atoms with Crippen molar-refractivity contribution in [2.24, 2.45) is 17.7 Å². The predicted octanol–water partition coefficient (Wildman–Crippen LogP) is 3.15. The first kappa shape index (κ1) is 14.1. The first-order chi connectivity index (χ1) is 10.3. The molecule has 0 spiro atoms. The number of hydrogen-bond acceptors (Lipinski definition) is 5. The number of rotatable bonds is 4. The van der Waals surface area contributed by atoms with Crippen LogP contribution in [0.3, 0.4) is 0 Å². The summed E-state index contributed by atoms with van der Waals surface area (Å²) in [5, 5.41) is 4.32. The molecule has 0 saturated heterocycles. The third-order valence-electron chi connectivity index (χ3n) is 4.42. The van der Waals surface area contributed by atoms with Gasteiger partial charge in [0.1, 0.15) is 0 Å². The highest BCUT2D eigenvalue weighted by Crippen LogP contribution is 2.28. The molecule has 0 unspecified atom stereocenters. The number of para-hydroxylation sites is 1. The number of hydrogen-bond donors (Lipinski definition) is 3. The Morgan fingerprint density at radius 2 is 1.90 bits per heavy atom. The minimum Gasteiger partial charge on any atom is -0.354 e. The molecule has 1 fully saturated rings. The molecule has 1 aromatic heterocycles. The van der Waals surface area contributed by atoms with Crippen LogP contribution < -0.4 is 16.6 Å². The highest BCUT2D eigenvalue weighted by Gasteiger charge is 2.18. The molecule has 0 amide bonds. The maximum Gasteiger partial charge on any atom is 0.225 e. The van der Waals surface area contributed by atoms with Gasteiger partial charge in [0.05, 0.1) is 5.52 Å². The number of hydrazine groups is 1. The van der Waals surface area contributed by atoms with Crippen LogP contribution in [-0.4, -0.2) is 16.5 Å². The number of benzene rings is 1. The van der Waals surface area contributed by atoms with E-state index in [4.69, 9.17) is 5.84 Å². The Morgan fingerprint density at radius 3 is 2.67 bits per heavy atom. The second-order valence-corrected chi connectivity index (χ2v) is 6.06. The summed E-state index contributed by atoms with van der Waals surface area (Å²) in [6.07, 6.45) is 5.26. The largest absolute Gasteiger partial charge is 0.354 e. The summed E-state index contributed by atoms with van der Waals surface area (Å²) in [5.74, 6) is 8.50. The summed E-state index contributed by atoms with van der Waals surface area (Å²) < 4.78 is 0. The third-order valence-corrected chi connectivity index (χ3v) is 4.42. The first-order valence-corrected chi connectivity index (χ1v) is 7.73. The molecule has 1 saturated carbocycles. The molecule has 4 N–H and O–H groups in total. The molecule has 2 aromatic rings. The van der Waals surface area contributed by atoms with Gasteiger partial charge in [-0.15, -0.1) is 0 Å². The molecular formula is C16H23N5. The summed E-state index contributed by atoms with van der Waals surface area (Å²) in [6, 6.07) is 7.88. The fourth-order valence-corrected chi connectivity index (χ4v) is 3.03. The third kappa shape index (κ3) is 3.24. The lowest BCUT2D eigenvalue weighted by Gasteiger charge is -2.26. The van der Waals surface area contributed by atoms with Gasteiger partial charge in [0, 0.05) is 11.9 Å². The Labute approximate surface area is 125 Å². The van der Waals surface area contributed by atoms with E-state index in [0.29, 0.717) is 11.8 Å². The zero-order chi connectivity index (χ0) is 14.7. The van der Waals surface area contributed by atoms with Gasteiger partial charge in [0.25, 0.3) is 0 Å². The van der Waals surface area contributed by atoms with Crippen LogP contribution in [0.2, 0.25) is 0 Å². The van der Waals surface area contributed by atoms with E-state index in [-0.39, 0.29) is 0 Å². The Kier molecular flexibility index (Phi) is 4.20. The van der Waals surface area contributed by atoms with Crippen molar-refractivity contribution < 1.29 is 0 Å². The number of nitrogens with zero attached hydrogens (tertiary/aromatic N) is 2. The Bertz CT molecular complexity index is 605. The van der Waals surface area contributed by atoms with Crippen LogP contribution >= 0.6 is 0 Å². The predicted molar refractivity (Wildman–Crippen MR) is 87.0 cm³/mol. The summed E-state index contributed by atoms with van der Waals surface area (Å²) in [5.41, 5.74) is 3.57. The highest BCUT2D eigenvalue weighted by atomic mass is 15.3. The standard InChI is InChI=1S/C16H23N5/c1-11-6-8-12(9-7-11)10-18-16-19-14-5-3-2-4-13(14)15(20-16)21-17/h2-5,11-12H,6-10,17H2,1H3,(H2,18,19,20,21). The van der Waals surface area contributed by atoms with Crippen molar-refractivity contribution in [3.05, 3.63) is 24.3 Å². The molecule has 1 aliphatic rings. The topological polar surface area (TPSA) is 75.9 Å². The van der Waals surface area contributed by atoms with Crippen molar-refractivity contribution in [2.45, 2.75) is 32.6 Å². The molecule has 5 heteroatoms. The summed E-state index contributed by atoms with van der Waals surface area (Å²) in [7, 11) is 0. The van der Waals surface area contributed by atoms with Gasteiger partial charge in [-0.3, -0.25) is 0 Å². The Morgan fingerprint density at radius 1 is 1.14 bits per heavy atom. The van der Waals surface area contributed by atoms with Crippen LogP contribution in [0.5, 0.6) is 0 Å². The molecule has 0 bridgehead atoms. The lowest BCUT2D eigenvalue weighted by molar-refractivity contribution is 0.300. The van der Waals surface area contributed by atoms with Crippen molar-refractivity contribution in [3.8, 4) is 0 Å². The molecule has 5 nitrogen and oxygen atoms in total. The molecule has 1 aromatic carbocycles. The average molecular weight is 285 g/mol. The van der Waals surface area contributed by atoms with Crippen LogP contribution in [0.25, 0.3) is 10.9 Å². The van der Waals surface area contributed by atoms with Crippen molar-refractivity contribution in [1.82, 2.24) is 9.97 Å². The first-order valence-electron chi connectivity index (χ1n) is 7.73. The van der Waals surface area contributed by atoms with Gasteiger partial charge in [0.2, 0.25) is 5.95 Å². The quantitative estimate of drug-likeness (QED) is 0.594. The minimum absolute atomic E-state index is 0.653. The second kappa shape index (κ2) is 6.26. The average Bonchev–Trinajstić information content (AvgIpc) is 2.53. The molecule has 0 aliphatic heterocycles. The Hall–Kier alpha value is -1.88. The van der Waals surface area contributed by atoms with E-state index in [1.807, 2.05) is 24.3 Å². The van der Waals surface area contributed by atoms with Gasteiger partial charge in [-0.2, -0.15) is 4.98 Å². The smallest absolute Gasteiger partial charge is 0.225 e. The Balaban J connectivity index is 1.72. The zero-order valence-corrected chi connectivity index (χ0v) is 12.5. The van der Waals surface area contributed by atoms with Gasteiger partial charge in [-0.25, -0.2) is 10.8 Å². The van der Waals surface area contributed by atoms with Gasteiger partial charge in [-0.1, -0.05) is 31.9 Å². The normalized spacial score (nSPS) is 22.2. The number of anilines is 2. The van der Waals surface area contributed by atoms with Crippen LogP contribution in [0.1, 0.15) is 32.6 Å². The molecule has 112 valence electrons. The van der Waals surface area contributed by atoms with Crippen molar-refractivity contribution in [3.63, 3.8) is 0 Å². The second-order valence-electron chi connectivity index (χ2n) is 6.06. The van der Waals surface area contributed by atoms with E-state index in [0.717, 1.165) is 29.3 Å². The molecule has 21 heavy (non-hydrogen) atoms. The lowest BCUT2D eigenvalue weighted by Crippen LogP contribution is -2.21. The molecule has 3 rings (SSSR count). The van der Waals surface area contributed by atoms with E-state index in [9.17, 15) is 0 Å². The van der Waals surface area contributed by atoms with Gasteiger partial charge < -0.3 is 10.7 Å². The molecule has 0 atom stereocenters. The molecule has 1 aliphatic carbocycles. The molecule has 0 radical (unpaired) electrons.